The van der Waals surface area contributed by atoms with Gasteiger partial charge in [0.1, 0.15) is 13.2 Å². The van der Waals surface area contributed by atoms with Crippen molar-refractivity contribution < 1.29 is 27.9 Å². The minimum absolute atomic E-state index is 0.00318. The van der Waals surface area contributed by atoms with Crippen LogP contribution in [0.3, 0.4) is 0 Å². The third-order valence-electron chi connectivity index (χ3n) is 11.4. The molecule has 2 aromatic rings. The number of fused-ring (bicyclic) bond motifs is 1. The van der Waals surface area contributed by atoms with Crippen LogP contribution in [0.4, 0.5) is 9.59 Å². The molecular weight excluding hydrogens is 663 g/mol. The lowest BCUT2D eigenvalue weighted by molar-refractivity contribution is -0.0433. The molecule has 2 aromatic carbocycles. The maximum atomic E-state index is 14.0. The Morgan fingerprint density at radius 3 is 1.82 bits per heavy atom. The molecule has 276 valence electrons. The maximum absolute atomic E-state index is 14.0. The summed E-state index contributed by atoms with van der Waals surface area (Å²) in [5.41, 5.74) is 1.73. The average molecular weight is 724 g/mol. The fourth-order valence-corrected chi connectivity index (χ4v) is 8.60. The van der Waals surface area contributed by atoms with E-state index >= 15 is 0 Å². The SMILES string of the molecule is C[C@H]1[C@@H](O[Si](C)(C)C(C)(C)C)C[C@@H]2C[C@@H](C)N(C(=O)OCc3ccccc3)/C(=N/C(=O)OCc3ccccc3)N2[C@@H]1CO[Si](C)(C)C(C)(C)C. The van der Waals surface area contributed by atoms with Crippen molar-refractivity contribution in [3.63, 3.8) is 0 Å². The second kappa shape index (κ2) is 15.7. The molecule has 0 N–H and O–H groups in total. The van der Waals surface area contributed by atoms with E-state index in [1.165, 1.54) is 0 Å². The van der Waals surface area contributed by atoms with Crippen molar-refractivity contribution in [2.75, 3.05) is 6.61 Å². The molecule has 0 saturated carbocycles. The van der Waals surface area contributed by atoms with Crippen LogP contribution in [0, 0.1) is 5.92 Å². The third-order valence-corrected chi connectivity index (χ3v) is 20.4. The highest BCUT2D eigenvalue weighted by molar-refractivity contribution is 6.74. The number of piperidine rings is 1. The smallest absolute Gasteiger partial charge is 0.437 e. The molecule has 4 rings (SSSR count). The quantitative estimate of drug-likeness (QED) is 0.238. The minimum Gasteiger partial charge on any atom is -0.444 e. The third kappa shape index (κ3) is 9.45. The van der Waals surface area contributed by atoms with Gasteiger partial charge in [-0.05, 0) is 67.2 Å². The van der Waals surface area contributed by atoms with Gasteiger partial charge in [-0.1, -0.05) is 109 Å². The Hall–Kier alpha value is -3.00. The van der Waals surface area contributed by atoms with Gasteiger partial charge in [0.05, 0.1) is 18.8 Å². The molecule has 2 amide bonds. The van der Waals surface area contributed by atoms with Gasteiger partial charge in [0.2, 0.25) is 5.96 Å². The molecule has 2 heterocycles. The Morgan fingerprint density at radius 2 is 1.30 bits per heavy atom. The number of hydrogen-bond donors (Lipinski definition) is 0. The van der Waals surface area contributed by atoms with E-state index in [4.69, 9.17) is 18.3 Å². The van der Waals surface area contributed by atoms with Gasteiger partial charge in [0.25, 0.3) is 0 Å². The molecule has 0 aromatic heterocycles. The van der Waals surface area contributed by atoms with Crippen molar-refractivity contribution in [3.8, 4) is 0 Å². The number of rotatable bonds is 9. The molecule has 0 aliphatic carbocycles. The highest BCUT2D eigenvalue weighted by Gasteiger charge is 2.52. The molecule has 2 aliphatic heterocycles. The number of amides is 2. The van der Waals surface area contributed by atoms with Crippen LogP contribution in [0.5, 0.6) is 0 Å². The number of nitrogens with zero attached hydrogens (tertiary/aromatic N) is 3. The summed E-state index contributed by atoms with van der Waals surface area (Å²) in [6.45, 7) is 27.4. The fourth-order valence-electron chi connectivity index (χ4n) is 6.16. The molecule has 0 bridgehead atoms. The topological polar surface area (TPSA) is 89.9 Å². The number of carbonyl (C=O) groups is 2. The number of benzene rings is 2. The van der Waals surface area contributed by atoms with Crippen molar-refractivity contribution in [2.24, 2.45) is 10.9 Å². The second-order valence-corrected chi connectivity index (χ2v) is 26.7. The summed E-state index contributed by atoms with van der Waals surface area (Å²) in [7, 11) is -4.30. The van der Waals surface area contributed by atoms with Crippen molar-refractivity contribution in [3.05, 3.63) is 71.8 Å². The summed E-state index contributed by atoms with van der Waals surface area (Å²) in [5.74, 6) is 0.276. The van der Waals surface area contributed by atoms with Gasteiger partial charge >= 0.3 is 12.2 Å². The lowest BCUT2D eigenvalue weighted by atomic mass is 9.81. The maximum Gasteiger partial charge on any atom is 0.437 e. The monoisotopic (exact) mass is 723 g/mol. The molecule has 0 spiro atoms. The number of guanidine groups is 1. The van der Waals surface area contributed by atoms with E-state index in [0.29, 0.717) is 13.0 Å². The number of carbonyl (C=O) groups excluding carboxylic acids is 2. The molecule has 50 heavy (non-hydrogen) atoms. The Labute approximate surface area is 303 Å². The molecule has 5 atom stereocenters. The van der Waals surface area contributed by atoms with E-state index in [2.05, 4.69) is 84.5 Å². The van der Waals surface area contributed by atoms with Crippen molar-refractivity contribution >= 4 is 34.8 Å². The first-order valence-corrected chi connectivity index (χ1v) is 23.9. The Kier molecular flexibility index (Phi) is 12.5. The van der Waals surface area contributed by atoms with Crippen molar-refractivity contribution in [1.82, 2.24) is 9.80 Å². The van der Waals surface area contributed by atoms with Crippen LogP contribution in [0.1, 0.15) is 79.4 Å². The van der Waals surface area contributed by atoms with Gasteiger partial charge in [0, 0.05) is 18.0 Å². The van der Waals surface area contributed by atoms with Crippen LogP contribution in [0.25, 0.3) is 0 Å². The van der Waals surface area contributed by atoms with E-state index in [1.807, 2.05) is 67.6 Å². The summed E-state index contributed by atoms with van der Waals surface area (Å²) >= 11 is 0. The van der Waals surface area contributed by atoms with Gasteiger partial charge in [-0.3, -0.25) is 0 Å². The Morgan fingerprint density at radius 1 is 0.780 bits per heavy atom. The largest absolute Gasteiger partial charge is 0.444 e. The van der Waals surface area contributed by atoms with Gasteiger partial charge in [0.15, 0.2) is 16.6 Å². The van der Waals surface area contributed by atoms with Crippen LogP contribution >= 0.6 is 0 Å². The van der Waals surface area contributed by atoms with E-state index in [0.717, 1.165) is 17.5 Å². The zero-order valence-corrected chi connectivity index (χ0v) is 34.5. The number of aliphatic imine (C=N–C) groups is 1. The van der Waals surface area contributed by atoms with Gasteiger partial charge in [-0.25, -0.2) is 14.5 Å². The number of hydrogen-bond acceptors (Lipinski definition) is 6. The average Bonchev–Trinajstić information content (AvgIpc) is 3.02. The van der Waals surface area contributed by atoms with Crippen LogP contribution in [-0.4, -0.2) is 75.4 Å². The highest BCUT2D eigenvalue weighted by Crippen LogP contribution is 2.44. The Bertz CT molecular complexity index is 1470. The summed E-state index contributed by atoms with van der Waals surface area (Å²) in [5, 5.41) is 0.0501. The number of ether oxygens (including phenoxy) is 2. The summed E-state index contributed by atoms with van der Waals surface area (Å²) in [6, 6.07) is 18.6. The Balaban J connectivity index is 1.75. The predicted octanol–water partition coefficient (Wildman–Crippen LogP) is 9.60. The van der Waals surface area contributed by atoms with Crippen LogP contribution < -0.4 is 0 Å². The van der Waals surface area contributed by atoms with Crippen LogP contribution in [0.15, 0.2) is 65.7 Å². The van der Waals surface area contributed by atoms with Crippen LogP contribution in [-0.2, 0) is 31.5 Å². The molecule has 9 nitrogen and oxygen atoms in total. The molecule has 0 radical (unpaired) electrons. The van der Waals surface area contributed by atoms with Gasteiger partial charge < -0.3 is 23.2 Å². The first-order chi connectivity index (χ1) is 23.2. The lowest BCUT2D eigenvalue weighted by Gasteiger charge is -2.57. The van der Waals surface area contributed by atoms with E-state index in [1.54, 1.807) is 4.90 Å². The first kappa shape index (κ1) is 39.8. The van der Waals surface area contributed by atoms with Crippen molar-refractivity contribution in [1.29, 1.82) is 0 Å². The van der Waals surface area contributed by atoms with Crippen LogP contribution in [0.2, 0.25) is 36.3 Å². The van der Waals surface area contributed by atoms with Gasteiger partial charge in [-0.15, -0.1) is 4.99 Å². The van der Waals surface area contributed by atoms with Gasteiger partial charge in [-0.2, -0.15) is 0 Å². The predicted molar refractivity (Wildman–Crippen MR) is 205 cm³/mol. The summed E-state index contributed by atoms with van der Waals surface area (Å²) in [6.07, 6.45) is 0.0960. The second-order valence-electron chi connectivity index (χ2n) is 17.2. The molecule has 2 saturated heterocycles. The van der Waals surface area contributed by atoms with E-state index in [9.17, 15) is 9.59 Å². The molecular formula is C39H61N3O6Si2. The summed E-state index contributed by atoms with van der Waals surface area (Å²) in [4.78, 5) is 35.9. The zero-order valence-electron chi connectivity index (χ0n) is 32.5. The molecule has 11 heteroatoms. The zero-order chi connectivity index (χ0) is 37.1. The van der Waals surface area contributed by atoms with E-state index < -0.39 is 28.8 Å². The standard InChI is InChI=1S/C39H61N3O6Si2/c1-28-23-32-24-34(48-50(11,12)39(6,7)8)29(2)33(27-47-49(9,10)38(3,4)5)42(32)35(40-36(43)45-25-30-19-15-13-16-20-30)41(28)37(44)46-26-31-21-17-14-18-22-31/h13-22,28-29,32-34H,23-27H2,1-12H3/b40-35-/t28-,29-,32+,33-,34+/m1/s1. The normalized spacial score (nSPS) is 24.2. The molecule has 2 fully saturated rings. The molecule has 0 unspecified atom stereocenters. The molecule has 2 aliphatic rings. The van der Waals surface area contributed by atoms with E-state index in [-0.39, 0.29) is 59.4 Å². The highest BCUT2D eigenvalue weighted by atomic mass is 28.4. The minimum atomic E-state index is -2.18. The summed E-state index contributed by atoms with van der Waals surface area (Å²) < 4.78 is 25.7. The fraction of sp³-hybridized carbons (Fsp3) is 0.615. The lowest BCUT2D eigenvalue weighted by Crippen LogP contribution is -2.69. The van der Waals surface area contributed by atoms with Crippen molar-refractivity contribution in [2.45, 2.75) is 142 Å². The first-order valence-electron chi connectivity index (χ1n) is 18.1.